The average Bonchev–Trinajstić information content (AvgIpc) is 2.38. The fourth-order valence-electron chi connectivity index (χ4n) is 2.18. The predicted octanol–water partition coefficient (Wildman–Crippen LogP) is 3.40. The third-order valence-electron chi connectivity index (χ3n) is 3.18. The largest absolute Gasteiger partial charge is 0.467 e. The number of rotatable bonds is 2. The van der Waals surface area contributed by atoms with E-state index in [-0.39, 0.29) is 5.92 Å². The minimum atomic E-state index is -0.839. The summed E-state index contributed by atoms with van der Waals surface area (Å²) in [5.41, 5.74) is 0.752. The van der Waals surface area contributed by atoms with Crippen LogP contribution >= 0.6 is 23.2 Å². The van der Waals surface area contributed by atoms with E-state index in [1.807, 2.05) is 0 Å². The molecule has 1 aromatic rings. The molecule has 110 valence electrons. The quantitative estimate of drug-likeness (QED) is 0.784. The van der Waals surface area contributed by atoms with Crippen LogP contribution in [0.3, 0.4) is 0 Å². The van der Waals surface area contributed by atoms with Gasteiger partial charge in [0.2, 0.25) is 0 Å². The van der Waals surface area contributed by atoms with E-state index >= 15 is 0 Å². The minimum absolute atomic E-state index is 0.314. The zero-order valence-electron chi connectivity index (χ0n) is 11.5. The van der Waals surface area contributed by atoms with E-state index in [2.05, 4.69) is 0 Å². The summed E-state index contributed by atoms with van der Waals surface area (Å²) in [7, 11) is 1.33. The van der Waals surface area contributed by atoms with Crippen LogP contribution in [0, 0.1) is 0 Å². The third-order valence-corrected chi connectivity index (χ3v) is 3.74. The number of carbonyl (C=O) groups excluding carboxylic acids is 1. The standard InChI is InChI=1S/C14H16Cl2O4/c1-14(2)19-7-10(12(20-14)13(17)18-3)9-5-4-8(15)6-11(9)16/h4-6,10,12H,7H2,1-3H3. The van der Waals surface area contributed by atoms with Gasteiger partial charge in [-0.3, -0.25) is 0 Å². The minimum Gasteiger partial charge on any atom is -0.467 e. The Labute approximate surface area is 127 Å². The zero-order valence-corrected chi connectivity index (χ0v) is 13.0. The number of halogens is 2. The lowest BCUT2D eigenvalue weighted by Gasteiger charge is -2.40. The molecule has 0 N–H and O–H groups in total. The molecular weight excluding hydrogens is 303 g/mol. The van der Waals surface area contributed by atoms with E-state index in [0.29, 0.717) is 16.7 Å². The summed E-state index contributed by atoms with van der Waals surface area (Å²) in [6, 6.07) is 5.12. The van der Waals surface area contributed by atoms with Gasteiger partial charge in [0.1, 0.15) is 0 Å². The Morgan fingerprint density at radius 1 is 1.40 bits per heavy atom. The molecule has 0 aliphatic carbocycles. The molecule has 1 aliphatic rings. The summed E-state index contributed by atoms with van der Waals surface area (Å²) < 4.78 is 16.1. The Balaban J connectivity index is 2.35. The molecule has 0 spiro atoms. The van der Waals surface area contributed by atoms with Crippen molar-refractivity contribution >= 4 is 29.2 Å². The van der Waals surface area contributed by atoms with Crippen LogP contribution in [0.5, 0.6) is 0 Å². The summed E-state index contributed by atoms with van der Waals surface area (Å²) in [5.74, 6) is -1.62. The Bertz CT molecular complexity index is 516. The molecule has 0 aromatic heterocycles. The van der Waals surface area contributed by atoms with Gasteiger partial charge in [0.15, 0.2) is 11.9 Å². The van der Waals surface area contributed by atoms with Crippen molar-refractivity contribution in [2.45, 2.75) is 31.7 Å². The average molecular weight is 319 g/mol. The Kier molecular flexibility index (Phi) is 4.59. The van der Waals surface area contributed by atoms with Crippen LogP contribution in [-0.2, 0) is 19.0 Å². The maximum absolute atomic E-state index is 11.9. The number of hydrogen-bond acceptors (Lipinski definition) is 4. The number of ether oxygens (including phenoxy) is 3. The lowest BCUT2D eigenvalue weighted by molar-refractivity contribution is -0.280. The van der Waals surface area contributed by atoms with Crippen LogP contribution in [0.2, 0.25) is 10.0 Å². The molecule has 1 aromatic carbocycles. The summed E-state index contributed by atoms with van der Waals surface area (Å²) >= 11 is 12.1. The number of carbonyl (C=O) groups is 1. The van der Waals surface area contributed by atoms with Gasteiger partial charge in [0.05, 0.1) is 13.7 Å². The Hall–Kier alpha value is -0.810. The second kappa shape index (κ2) is 5.90. The van der Waals surface area contributed by atoms with E-state index in [1.54, 1.807) is 32.0 Å². The highest BCUT2D eigenvalue weighted by molar-refractivity contribution is 6.35. The molecule has 0 radical (unpaired) electrons. The summed E-state index contributed by atoms with van der Waals surface area (Å²) in [4.78, 5) is 11.9. The van der Waals surface area contributed by atoms with Crippen molar-refractivity contribution in [1.29, 1.82) is 0 Å². The van der Waals surface area contributed by atoms with E-state index in [9.17, 15) is 4.79 Å². The molecule has 1 aliphatic heterocycles. The smallest absolute Gasteiger partial charge is 0.335 e. The Morgan fingerprint density at radius 3 is 2.70 bits per heavy atom. The molecule has 0 bridgehead atoms. The number of methoxy groups -OCH3 is 1. The van der Waals surface area contributed by atoms with E-state index in [4.69, 9.17) is 37.4 Å². The van der Waals surface area contributed by atoms with Gasteiger partial charge in [0, 0.05) is 16.0 Å². The molecule has 4 nitrogen and oxygen atoms in total. The van der Waals surface area contributed by atoms with Crippen LogP contribution in [0.15, 0.2) is 18.2 Å². The van der Waals surface area contributed by atoms with E-state index in [1.165, 1.54) is 7.11 Å². The highest BCUT2D eigenvalue weighted by atomic mass is 35.5. The highest BCUT2D eigenvalue weighted by Crippen LogP contribution is 2.37. The lowest BCUT2D eigenvalue weighted by atomic mass is 9.92. The molecule has 2 atom stereocenters. The SMILES string of the molecule is COC(=O)C1OC(C)(C)OCC1c1ccc(Cl)cc1Cl. The summed E-state index contributed by atoms with van der Waals surface area (Å²) in [6.07, 6.45) is -0.762. The van der Waals surface area contributed by atoms with Gasteiger partial charge in [-0.2, -0.15) is 0 Å². The number of hydrogen-bond donors (Lipinski definition) is 0. The molecule has 1 fully saturated rings. The third kappa shape index (κ3) is 3.26. The molecule has 0 amide bonds. The van der Waals surface area contributed by atoms with Gasteiger partial charge >= 0.3 is 5.97 Å². The first-order valence-corrected chi connectivity index (χ1v) is 6.94. The maximum Gasteiger partial charge on any atom is 0.335 e. The van der Waals surface area contributed by atoms with Crippen molar-refractivity contribution in [3.63, 3.8) is 0 Å². The van der Waals surface area contributed by atoms with Crippen LogP contribution in [-0.4, -0.2) is 31.6 Å². The van der Waals surface area contributed by atoms with Crippen molar-refractivity contribution in [2.75, 3.05) is 13.7 Å². The maximum atomic E-state index is 11.9. The van der Waals surface area contributed by atoms with Gasteiger partial charge in [-0.05, 0) is 31.5 Å². The van der Waals surface area contributed by atoms with Gasteiger partial charge in [-0.15, -0.1) is 0 Å². The van der Waals surface area contributed by atoms with Crippen LogP contribution in [0.1, 0.15) is 25.3 Å². The number of esters is 1. The molecule has 6 heteroatoms. The van der Waals surface area contributed by atoms with Crippen molar-refractivity contribution in [3.05, 3.63) is 33.8 Å². The first kappa shape index (κ1) is 15.6. The first-order valence-electron chi connectivity index (χ1n) is 6.18. The molecule has 2 unspecified atom stereocenters. The van der Waals surface area contributed by atoms with Gasteiger partial charge < -0.3 is 14.2 Å². The van der Waals surface area contributed by atoms with Gasteiger partial charge in [0.25, 0.3) is 0 Å². The molecule has 0 saturated carbocycles. The van der Waals surface area contributed by atoms with Crippen LogP contribution < -0.4 is 0 Å². The zero-order chi connectivity index (χ0) is 14.9. The van der Waals surface area contributed by atoms with Crippen molar-refractivity contribution in [3.8, 4) is 0 Å². The van der Waals surface area contributed by atoms with Crippen molar-refractivity contribution in [1.82, 2.24) is 0 Å². The van der Waals surface area contributed by atoms with Crippen molar-refractivity contribution in [2.24, 2.45) is 0 Å². The molecule has 20 heavy (non-hydrogen) atoms. The van der Waals surface area contributed by atoms with Gasteiger partial charge in [-0.25, -0.2) is 4.79 Å². The van der Waals surface area contributed by atoms with E-state index < -0.39 is 17.9 Å². The molecule has 2 rings (SSSR count). The molecule has 1 saturated heterocycles. The Morgan fingerprint density at radius 2 is 2.10 bits per heavy atom. The van der Waals surface area contributed by atoms with Crippen molar-refractivity contribution < 1.29 is 19.0 Å². The predicted molar refractivity (Wildman–Crippen MR) is 76.1 cm³/mol. The normalized spacial score (nSPS) is 25.2. The molecule has 1 heterocycles. The van der Waals surface area contributed by atoms with Crippen LogP contribution in [0.4, 0.5) is 0 Å². The van der Waals surface area contributed by atoms with E-state index in [0.717, 1.165) is 5.56 Å². The fraction of sp³-hybridized carbons (Fsp3) is 0.500. The van der Waals surface area contributed by atoms with Crippen LogP contribution in [0.25, 0.3) is 0 Å². The summed E-state index contributed by atoms with van der Waals surface area (Å²) in [6.45, 7) is 3.82. The first-order chi connectivity index (χ1) is 9.34. The lowest BCUT2D eigenvalue weighted by Crippen LogP contribution is -2.48. The second-order valence-electron chi connectivity index (χ2n) is 5.04. The number of benzene rings is 1. The highest BCUT2D eigenvalue weighted by Gasteiger charge is 2.42. The van der Waals surface area contributed by atoms with Gasteiger partial charge in [-0.1, -0.05) is 29.3 Å². The topological polar surface area (TPSA) is 44.8 Å². The molecular formula is C14H16Cl2O4. The fourth-order valence-corrected chi connectivity index (χ4v) is 2.73. The summed E-state index contributed by atoms with van der Waals surface area (Å²) in [5, 5.41) is 1.01. The monoisotopic (exact) mass is 318 g/mol. The second-order valence-corrected chi connectivity index (χ2v) is 5.89.